The van der Waals surface area contributed by atoms with Gasteiger partial charge in [0.25, 0.3) is 0 Å². The molecule has 0 aromatic rings. The third-order valence-corrected chi connectivity index (χ3v) is 2.41. The normalized spacial score (nSPS) is 28.4. The van der Waals surface area contributed by atoms with Crippen LogP contribution in [0.2, 0.25) is 0 Å². The van der Waals surface area contributed by atoms with E-state index in [9.17, 15) is 30.7 Å². The van der Waals surface area contributed by atoms with Crippen LogP contribution in [-0.4, -0.2) is 23.9 Å². The first kappa shape index (κ1) is 16.5. The number of unbranched alkanes of at least 4 members (excludes halogenated alkanes) is 2. The zero-order valence-electron chi connectivity index (χ0n) is 9.55. The quantitative estimate of drug-likeness (QED) is 0.629. The highest BCUT2D eigenvalue weighted by atomic mass is 19.3. The summed E-state index contributed by atoms with van der Waals surface area (Å²) < 4.78 is 84.0. The van der Waals surface area contributed by atoms with Crippen molar-refractivity contribution >= 4 is 0 Å². The molecule has 17 heavy (non-hydrogen) atoms. The van der Waals surface area contributed by atoms with Gasteiger partial charge in [0.1, 0.15) is 0 Å². The van der Waals surface area contributed by atoms with E-state index in [1.165, 1.54) is 19.3 Å². The van der Waals surface area contributed by atoms with Gasteiger partial charge in [-0.2, -0.15) is 26.3 Å². The Labute approximate surface area is 95.2 Å². The standard InChI is InChI=1S/C5H3F7.C5H12/c6-2-1-3(7,8)5(11,12)4(2,9)10;1-3-5-4-2/h2H,1H2;3-5H2,1-2H3. The lowest BCUT2D eigenvalue weighted by Gasteiger charge is -2.22. The van der Waals surface area contributed by atoms with Crippen molar-refractivity contribution in [3.63, 3.8) is 0 Å². The van der Waals surface area contributed by atoms with E-state index >= 15 is 0 Å². The summed E-state index contributed by atoms with van der Waals surface area (Å²) in [5, 5.41) is 0. The van der Waals surface area contributed by atoms with Crippen molar-refractivity contribution in [2.24, 2.45) is 0 Å². The van der Waals surface area contributed by atoms with Gasteiger partial charge in [-0.25, -0.2) is 4.39 Å². The highest BCUT2D eigenvalue weighted by molar-refractivity contribution is 5.08. The maximum Gasteiger partial charge on any atom is 0.375 e. The topological polar surface area (TPSA) is 0 Å². The first-order chi connectivity index (χ1) is 7.54. The molecule has 1 saturated carbocycles. The molecule has 0 radical (unpaired) electrons. The number of alkyl halides is 7. The van der Waals surface area contributed by atoms with Crippen LogP contribution in [0.3, 0.4) is 0 Å². The first-order valence-corrected chi connectivity index (χ1v) is 5.32. The second kappa shape index (κ2) is 5.44. The van der Waals surface area contributed by atoms with Crippen LogP contribution in [0.1, 0.15) is 39.5 Å². The largest absolute Gasteiger partial charge is 0.375 e. The molecule has 0 amide bonds. The van der Waals surface area contributed by atoms with Crippen molar-refractivity contribution in [1.82, 2.24) is 0 Å². The molecule has 1 aliphatic rings. The van der Waals surface area contributed by atoms with Gasteiger partial charge in [-0.3, -0.25) is 0 Å². The second-order valence-corrected chi connectivity index (χ2v) is 3.93. The zero-order valence-corrected chi connectivity index (χ0v) is 9.55. The Morgan fingerprint density at radius 1 is 0.941 bits per heavy atom. The van der Waals surface area contributed by atoms with Crippen molar-refractivity contribution < 1.29 is 30.7 Å². The Kier molecular flexibility index (Phi) is 5.28. The maximum atomic E-state index is 12.0. The predicted octanol–water partition coefficient (Wildman–Crippen LogP) is 4.83. The number of halogens is 7. The lowest BCUT2D eigenvalue weighted by atomic mass is 10.2. The van der Waals surface area contributed by atoms with Crippen molar-refractivity contribution in [2.75, 3.05) is 0 Å². The van der Waals surface area contributed by atoms with E-state index in [4.69, 9.17) is 0 Å². The summed E-state index contributed by atoms with van der Waals surface area (Å²) in [4.78, 5) is 0. The SMILES string of the molecule is CCCCC.FC1CC(F)(F)C(F)(F)C1(F)F. The fourth-order valence-electron chi connectivity index (χ4n) is 1.28. The molecule has 0 bridgehead atoms. The molecule has 0 saturated heterocycles. The number of rotatable bonds is 2. The summed E-state index contributed by atoms with van der Waals surface area (Å²) in [6.45, 7) is 4.42. The summed E-state index contributed by atoms with van der Waals surface area (Å²) in [5.74, 6) is -15.8. The Balaban J connectivity index is 0.000000437. The summed E-state index contributed by atoms with van der Waals surface area (Å²) in [6.07, 6.45) is -1.54. The lowest BCUT2D eigenvalue weighted by molar-refractivity contribution is -0.277. The summed E-state index contributed by atoms with van der Waals surface area (Å²) in [7, 11) is 0. The number of hydrogen-bond donors (Lipinski definition) is 0. The van der Waals surface area contributed by atoms with Gasteiger partial charge in [-0.05, 0) is 0 Å². The fraction of sp³-hybridized carbons (Fsp3) is 1.00. The minimum atomic E-state index is -5.58. The Hall–Kier alpha value is -0.490. The van der Waals surface area contributed by atoms with Crippen LogP contribution in [-0.2, 0) is 0 Å². The molecule has 1 rings (SSSR count). The van der Waals surface area contributed by atoms with Crippen LogP contribution in [0.15, 0.2) is 0 Å². The molecule has 1 atom stereocenters. The van der Waals surface area contributed by atoms with E-state index in [1.54, 1.807) is 0 Å². The highest BCUT2D eigenvalue weighted by Crippen LogP contribution is 2.57. The van der Waals surface area contributed by atoms with Gasteiger partial charge < -0.3 is 0 Å². The molecule has 0 nitrogen and oxygen atoms in total. The maximum absolute atomic E-state index is 12.0. The predicted molar refractivity (Wildman–Crippen MR) is 49.6 cm³/mol. The fourth-order valence-corrected chi connectivity index (χ4v) is 1.28. The van der Waals surface area contributed by atoms with Gasteiger partial charge in [0.2, 0.25) is 0 Å². The van der Waals surface area contributed by atoms with Gasteiger partial charge in [-0.15, -0.1) is 0 Å². The molecule has 1 aliphatic carbocycles. The third kappa shape index (κ3) is 3.04. The molecule has 104 valence electrons. The van der Waals surface area contributed by atoms with Crippen molar-refractivity contribution in [2.45, 2.75) is 63.5 Å². The van der Waals surface area contributed by atoms with Crippen molar-refractivity contribution in [3.8, 4) is 0 Å². The average Bonchev–Trinajstić information content (AvgIpc) is 2.27. The van der Waals surface area contributed by atoms with Gasteiger partial charge in [0.15, 0.2) is 6.17 Å². The second-order valence-electron chi connectivity index (χ2n) is 3.93. The molecule has 0 aromatic carbocycles. The van der Waals surface area contributed by atoms with Crippen LogP contribution in [0, 0.1) is 0 Å². The molecule has 7 heteroatoms. The van der Waals surface area contributed by atoms with Gasteiger partial charge in [0.05, 0.1) is 6.42 Å². The minimum absolute atomic E-state index is 1.34. The molecule has 0 aromatic heterocycles. The van der Waals surface area contributed by atoms with Gasteiger partial charge in [-0.1, -0.05) is 33.1 Å². The van der Waals surface area contributed by atoms with E-state index < -0.39 is 30.4 Å². The Morgan fingerprint density at radius 3 is 1.41 bits per heavy atom. The average molecular weight is 268 g/mol. The smallest absolute Gasteiger partial charge is 0.240 e. The third-order valence-electron chi connectivity index (χ3n) is 2.41. The number of hydrogen-bond acceptors (Lipinski definition) is 0. The van der Waals surface area contributed by atoms with E-state index in [0.717, 1.165) is 0 Å². The van der Waals surface area contributed by atoms with E-state index in [-0.39, 0.29) is 0 Å². The molecular weight excluding hydrogens is 253 g/mol. The summed E-state index contributed by atoms with van der Waals surface area (Å²) in [5.41, 5.74) is 0. The monoisotopic (exact) mass is 268 g/mol. The van der Waals surface area contributed by atoms with Crippen molar-refractivity contribution in [1.29, 1.82) is 0 Å². The zero-order chi connectivity index (χ0) is 13.9. The Bertz CT molecular complexity index is 235. The van der Waals surface area contributed by atoms with Gasteiger partial charge >= 0.3 is 17.8 Å². The molecule has 0 heterocycles. The van der Waals surface area contributed by atoms with Crippen LogP contribution >= 0.6 is 0 Å². The molecule has 0 spiro atoms. The van der Waals surface area contributed by atoms with Crippen LogP contribution < -0.4 is 0 Å². The lowest BCUT2D eigenvalue weighted by Crippen LogP contribution is -2.48. The van der Waals surface area contributed by atoms with E-state index in [0.29, 0.717) is 0 Å². The molecular formula is C10H15F7. The van der Waals surface area contributed by atoms with Crippen LogP contribution in [0.25, 0.3) is 0 Å². The minimum Gasteiger partial charge on any atom is -0.240 e. The van der Waals surface area contributed by atoms with Crippen molar-refractivity contribution in [3.05, 3.63) is 0 Å². The van der Waals surface area contributed by atoms with Gasteiger partial charge in [0, 0.05) is 0 Å². The molecule has 1 unspecified atom stereocenters. The van der Waals surface area contributed by atoms with Crippen LogP contribution in [0.5, 0.6) is 0 Å². The Morgan fingerprint density at radius 2 is 1.35 bits per heavy atom. The molecule has 1 fully saturated rings. The van der Waals surface area contributed by atoms with E-state index in [1.807, 2.05) is 0 Å². The first-order valence-electron chi connectivity index (χ1n) is 5.32. The molecule has 0 aliphatic heterocycles. The van der Waals surface area contributed by atoms with Crippen LogP contribution in [0.4, 0.5) is 30.7 Å². The molecule has 0 N–H and O–H groups in total. The summed E-state index contributed by atoms with van der Waals surface area (Å²) in [6, 6.07) is 0. The highest BCUT2D eigenvalue weighted by Gasteiger charge is 2.81. The van der Waals surface area contributed by atoms with E-state index in [2.05, 4.69) is 13.8 Å². The summed E-state index contributed by atoms with van der Waals surface area (Å²) >= 11 is 0.